The van der Waals surface area contributed by atoms with Gasteiger partial charge in [0, 0.05) is 37.8 Å². The van der Waals surface area contributed by atoms with Crippen LogP contribution in [-0.2, 0) is 0 Å². The van der Waals surface area contributed by atoms with Gasteiger partial charge >= 0.3 is 0 Å². The van der Waals surface area contributed by atoms with Crippen molar-refractivity contribution >= 4 is 5.91 Å². The van der Waals surface area contributed by atoms with E-state index in [9.17, 15) is 13.6 Å². The minimum atomic E-state index is -0.907. The number of tetrazole rings is 1. The number of aromatic amines is 1. The van der Waals surface area contributed by atoms with E-state index in [0.29, 0.717) is 6.54 Å². The maximum atomic E-state index is 14.4. The smallest absolute Gasteiger partial charge is 0.260 e. The number of halogens is 2. The van der Waals surface area contributed by atoms with Crippen LogP contribution in [0.1, 0.15) is 16.8 Å². The lowest BCUT2D eigenvalue weighted by molar-refractivity contribution is 0.0599. The van der Waals surface area contributed by atoms with E-state index in [4.69, 9.17) is 0 Å². The summed E-state index contributed by atoms with van der Waals surface area (Å²) in [5.41, 5.74) is -0.381. The third-order valence-corrected chi connectivity index (χ3v) is 4.47. The number of H-pyrrole nitrogens is 1. The van der Waals surface area contributed by atoms with Gasteiger partial charge in [-0.15, -0.1) is 10.2 Å². The van der Waals surface area contributed by atoms with Gasteiger partial charge < -0.3 is 4.90 Å². The second-order valence-electron chi connectivity index (χ2n) is 5.79. The first-order chi connectivity index (χ1) is 11.1. The average Bonchev–Trinajstić information content (AvgIpc) is 3.17. The van der Waals surface area contributed by atoms with Gasteiger partial charge in [0.25, 0.3) is 5.91 Å². The number of nitrogens with one attached hydrogen (secondary N) is 1. The first kappa shape index (κ1) is 14.2. The molecular formula is C14H14F2N6O. The topological polar surface area (TPSA) is 78.0 Å². The Morgan fingerprint density at radius 3 is 2.70 bits per heavy atom. The van der Waals surface area contributed by atoms with Crippen LogP contribution in [0, 0.1) is 11.6 Å². The van der Waals surface area contributed by atoms with Crippen molar-refractivity contribution in [3.05, 3.63) is 29.3 Å². The Balaban J connectivity index is 1.67. The first-order valence-corrected chi connectivity index (χ1v) is 7.39. The molecule has 2 aliphatic rings. The Morgan fingerprint density at radius 2 is 2.00 bits per heavy atom. The van der Waals surface area contributed by atoms with Crippen molar-refractivity contribution in [2.24, 2.45) is 0 Å². The molecule has 7 nitrogen and oxygen atoms in total. The maximum Gasteiger partial charge on any atom is 0.260 e. The van der Waals surface area contributed by atoms with E-state index in [1.54, 1.807) is 4.90 Å². The fourth-order valence-corrected chi connectivity index (χ4v) is 3.30. The molecule has 2 bridgehead atoms. The molecular weight excluding hydrogens is 306 g/mol. The van der Waals surface area contributed by atoms with Crippen LogP contribution in [-0.4, -0.2) is 68.6 Å². The van der Waals surface area contributed by atoms with Crippen molar-refractivity contribution in [2.45, 2.75) is 12.5 Å². The zero-order valence-corrected chi connectivity index (χ0v) is 12.2. The maximum absolute atomic E-state index is 14.4. The molecule has 1 aromatic carbocycles. The number of aromatic nitrogens is 4. The fourth-order valence-electron chi connectivity index (χ4n) is 3.30. The third-order valence-electron chi connectivity index (χ3n) is 4.47. The summed E-state index contributed by atoms with van der Waals surface area (Å²) in [6.45, 7) is 2.94. The van der Waals surface area contributed by atoms with Gasteiger partial charge in [-0.2, -0.15) is 5.21 Å². The molecule has 1 aromatic heterocycles. The van der Waals surface area contributed by atoms with Crippen molar-refractivity contribution < 1.29 is 13.6 Å². The number of rotatable bonds is 2. The van der Waals surface area contributed by atoms with Crippen LogP contribution in [0.4, 0.5) is 8.78 Å². The second kappa shape index (κ2) is 5.34. The van der Waals surface area contributed by atoms with Gasteiger partial charge in [-0.25, -0.2) is 8.78 Å². The molecule has 0 spiro atoms. The number of hydrogen-bond acceptors (Lipinski definition) is 5. The van der Waals surface area contributed by atoms with Crippen LogP contribution in [0.3, 0.4) is 0 Å². The molecule has 2 atom stereocenters. The normalized spacial score (nSPS) is 23.3. The second-order valence-corrected chi connectivity index (χ2v) is 5.79. The monoisotopic (exact) mass is 320 g/mol. The van der Waals surface area contributed by atoms with E-state index in [2.05, 4.69) is 25.5 Å². The van der Waals surface area contributed by atoms with Crippen LogP contribution < -0.4 is 0 Å². The largest absolute Gasteiger partial charge is 0.333 e. The summed E-state index contributed by atoms with van der Waals surface area (Å²) < 4.78 is 28.7. The Labute approximate surface area is 130 Å². The highest BCUT2D eigenvalue weighted by Crippen LogP contribution is 2.26. The fraction of sp³-hybridized carbons (Fsp3) is 0.429. The molecule has 23 heavy (non-hydrogen) atoms. The number of nitrogens with zero attached hydrogens (tertiary/aromatic N) is 5. The summed E-state index contributed by atoms with van der Waals surface area (Å²) in [5.74, 6) is -2.33. The van der Waals surface area contributed by atoms with Gasteiger partial charge in [-0.3, -0.25) is 9.69 Å². The van der Waals surface area contributed by atoms with Gasteiger partial charge in [-0.05, 0) is 23.8 Å². The summed E-state index contributed by atoms with van der Waals surface area (Å²) >= 11 is 0. The van der Waals surface area contributed by atoms with Crippen LogP contribution in [0.5, 0.6) is 0 Å². The Bertz CT molecular complexity index is 727. The summed E-state index contributed by atoms with van der Waals surface area (Å²) in [7, 11) is 0. The molecule has 0 radical (unpaired) electrons. The molecule has 2 aliphatic heterocycles. The van der Waals surface area contributed by atoms with E-state index in [0.717, 1.165) is 38.2 Å². The zero-order valence-electron chi connectivity index (χ0n) is 12.2. The van der Waals surface area contributed by atoms with E-state index in [1.165, 1.54) is 0 Å². The lowest BCUT2D eigenvalue weighted by Gasteiger charge is -2.34. The first-order valence-electron chi connectivity index (χ1n) is 7.39. The lowest BCUT2D eigenvalue weighted by Crippen LogP contribution is -2.49. The quantitative estimate of drug-likeness (QED) is 0.880. The molecule has 0 aliphatic carbocycles. The number of carbonyl (C=O) groups is 1. The Morgan fingerprint density at radius 1 is 1.22 bits per heavy atom. The van der Waals surface area contributed by atoms with Crippen LogP contribution >= 0.6 is 0 Å². The molecule has 1 amide bonds. The molecule has 3 heterocycles. The lowest BCUT2D eigenvalue weighted by atomic mass is 10.1. The number of hydrogen-bond donors (Lipinski definition) is 1. The van der Waals surface area contributed by atoms with Crippen LogP contribution in [0.15, 0.2) is 12.1 Å². The van der Waals surface area contributed by atoms with Gasteiger partial charge in [0.1, 0.15) is 17.2 Å². The molecule has 4 rings (SSSR count). The van der Waals surface area contributed by atoms with Crippen molar-refractivity contribution in [1.29, 1.82) is 0 Å². The number of benzene rings is 1. The molecule has 2 aromatic rings. The van der Waals surface area contributed by atoms with Gasteiger partial charge in [0.2, 0.25) is 5.82 Å². The highest BCUT2D eigenvalue weighted by Gasteiger charge is 2.37. The van der Waals surface area contributed by atoms with Gasteiger partial charge in [0.05, 0.1) is 0 Å². The van der Waals surface area contributed by atoms with E-state index in [1.807, 2.05) is 0 Å². The van der Waals surface area contributed by atoms with Gasteiger partial charge in [-0.1, -0.05) is 0 Å². The van der Waals surface area contributed by atoms with E-state index >= 15 is 0 Å². The summed E-state index contributed by atoms with van der Waals surface area (Å²) in [6, 6.07) is 2.16. The number of fused-ring (bicyclic) bond motifs is 2. The molecule has 1 N–H and O–H groups in total. The van der Waals surface area contributed by atoms with E-state index in [-0.39, 0.29) is 17.4 Å². The van der Waals surface area contributed by atoms with Crippen LogP contribution in [0.25, 0.3) is 11.4 Å². The minimum Gasteiger partial charge on any atom is -0.333 e. The average molecular weight is 320 g/mol. The molecule has 2 unspecified atom stereocenters. The molecule has 120 valence electrons. The Hall–Kier alpha value is -2.42. The van der Waals surface area contributed by atoms with Gasteiger partial charge in [0.15, 0.2) is 0 Å². The van der Waals surface area contributed by atoms with Crippen molar-refractivity contribution in [1.82, 2.24) is 30.4 Å². The zero-order chi connectivity index (χ0) is 16.0. The molecule has 9 heteroatoms. The molecule has 2 saturated heterocycles. The van der Waals surface area contributed by atoms with Crippen molar-refractivity contribution in [2.75, 3.05) is 26.2 Å². The standard InChI is InChI=1S/C14H14F2N6O/c15-10-5-8(13-17-19-20-18-13)6-11(16)12(10)14(23)22-4-3-21-2-1-9(22)7-21/h5-6,9H,1-4,7H2,(H,17,18,19,20). The van der Waals surface area contributed by atoms with E-state index < -0.39 is 23.1 Å². The van der Waals surface area contributed by atoms with Crippen molar-refractivity contribution in [3.63, 3.8) is 0 Å². The minimum absolute atomic E-state index is 0.0342. The summed E-state index contributed by atoms with van der Waals surface area (Å²) in [4.78, 5) is 16.4. The summed E-state index contributed by atoms with van der Waals surface area (Å²) in [6.07, 6.45) is 0.843. The highest BCUT2D eigenvalue weighted by atomic mass is 19.1. The van der Waals surface area contributed by atoms with Crippen LogP contribution in [0.2, 0.25) is 0 Å². The third kappa shape index (κ3) is 2.37. The number of carbonyl (C=O) groups excluding carboxylic acids is 1. The number of piperazine rings is 1. The summed E-state index contributed by atoms with van der Waals surface area (Å²) in [5, 5.41) is 12.9. The Kier molecular flexibility index (Phi) is 3.29. The molecule has 2 fully saturated rings. The SMILES string of the molecule is O=C(c1c(F)cc(-c2nn[nH]n2)cc1F)N1CCN2CCC1C2. The van der Waals surface area contributed by atoms with Crippen molar-refractivity contribution in [3.8, 4) is 11.4 Å². The number of amides is 1. The molecule has 0 saturated carbocycles. The highest BCUT2D eigenvalue weighted by molar-refractivity contribution is 5.95. The predicted octanol–water partition coefficient (Wildman–Crippen LogP) is 0.675. The predicted molar refractivity (Wildman–Crippen MR) is 75.4 cm³/mol.